The molecule has 0 radical (unpaired) electrons. The van der Waals surface area contributed by atoms with E-state index < -0.39 is 14.6 Å². The molecule has 3 aliphatic heterocycles. The van der Waals surface area contributed by atoms with Crippen LogP contribution in [0.2, 0.25) is 0 Å². The number of alkyl halides is 2. The van der Waals surface area contributed by atoms with Crippen molar-refractivity contribution in [1.29, 1.82) is 0 Å². The van der Waals surface area contributed by atoms with Crippen molar-refractivity contribution in [2.24, 2.45) is 20.0 Å². The topological polar surface area (TPSA) is 85.6 Å². The van der Waals surface area contributed by atoms with E-state index in [0.29, 0.717) is 34.3 Å². The van der Waals surface area contributed by atoms with Gasteiger partial charge < -0.3 is 13.4 Å². The van der Waals surface area contributed by atoms with Crippen LogP contribution in [0.4, 0.5) is 11.6 Å². The molecule has 3 aliphatic rings. The molecular weight excluding hydrogens is 541 g/mol. The van der Waals surface area contributed by atoms with Crippen molar-refractivity contribution in [2.75, 3.05) is 11.2 Å². The first kappa shape index (κ1) is 22.5. The van der Waals surface area contributed by atoms with Crippen LogP contribution in [-0.2, 0) is 9.01 Å². The molecule has 12 heteroatoms. The highest BCUT2D eigenvalue weighted by Gasteiger charge is 2.42. The van der Waals surface area contributed by atoms with Crippen LogP contribution in [0.15, 0.2) is 92.8 Å². The minimum Gasteiger partial charge on any atom is -0.344 e. The summed E-state index contributed by atoms with van der Waals surface area (Å²) in [5.41, 5.74) is 2.53. The van der Waals surface area contributed by atoms with Crippen LogP contribution >= 0.6 is 30.6 Å². The summed E-state index contributed by atoms with van der Waals surface area (Å²) in [4.78, 5) is 20.1. The molecule has 0 N–H and O–H groups in total. The molecule has 4 bridgehead atoms. The van der Waals surface area contributed by atoms with Crippen LogP contribution < -0.4 is 11.0 Å². The molecule has 0 aliphatic carbocycles. The van der Waals surface area contributed by atoms with Crippen LogP contribution in [0.3, 0.4) is 0 Å². The molecule has 0 spiro atoms. The second kappa shape index (κ2) is 8.01. The number of halogens is 2. The quantitative estimate of drug-likeness (QED) is 0.169. The van der Waals surface area contributed by atoms with E-state index in [0.717, 1.165) is 32.7 Å². The van der Waals surface area contributed by atoms with Gasteiger partial charge in [-0.05, 0) is 0 Å². The molecule has 0 fully saturated rings. The van der Waals surface area contributed by atoms with Gasteiger partial charge in [0.05, 0.1) is 11.2 Å². The first-order valence-electron chi connectivity index (χ1n) is 11.9. The van der Waals surface area contributed by atoms with Crippen molar-refractivity contribution in [2.45, 2.75) is 0 Å². The van der Waals surface area contributed by atoms with E-state index in [1.807, 2.05) is 81.8 Å². The summed E-state index contributed by atoms with van der Waals surface area (Å²) in [6.45, 7) is 0. The lowest BCUT2D eigenvalue weighted by molar-refractivity contribution is 0.480. The summed E-state index contributed by atoms with van der Waals surface area (Å²) >= 11 is 12.3. The second-order valence-corrected chi connectivity index (χ2v) is 13.0. The predicted octanol–water partition coefficient (Wildman–Crippen LogP) is 5.40. The maximum atomic E-state index is 13.6. The van der Waals surface area contributed by atoms with Gasteiger partial charge >= 0.3 is 7.19 Å². The number of aromatic nitrogens is 2. The summed E-state index contributed by atoms with van der Waals surface area (Å²) in [6.07, 6.45) is 0. The molecule has 184 valence electrons. The fourth-order valence-electron chi connectivity index (χ4n) is 5.38. The number of rotatable bonds is 4. The lowest BCUT2D eigenvalue weighted by Gasteiger charge is -2.25. The third kappa shape index (κ3) is 2.96. The average molecular weight is 557 g/mol. The zero-order valence-corrected chi connectivity index (χ0v) is 22.0. The van der Waals surface area contributed by atoms with Gasteiger partial charge in [0.25, 0.3) is 0 Å². The third-order valence-electron chi connectivity index (χ3n) is 7.08. The largest absolute Gasteiger partial charge is 0.568 e. The Bertz CT molecular complexity index is 2090. The lowest BCUT2D eigenvalue weighted by Crippen LogP contribution is -2.49. The number of benzene rings is 3. The Kier molecular flexibility index (Phi) is 4.74. The van der Waals surface area contributed by atoms with Gasteiger partial charge in [0, 0.05) is 32.7 Å². The number of fused-ring (bicyclic) bond motifs is 10. The molecule has 8 rings (SSSR count). The van der Waals surface area contributed by atoms with Gasteiger partial charge in [0.15, 0.2) is 11.7 Å². The van der Waals surface area contributed by atoms with E-state index in [9.17, 15) is 4.57 Å². The Balaban J connectivity index is 1.63. The van der Waals surface area contributed by atoms with Gasteiger partial charge in [-0.15, -0.1) is 23.2 Å². The van der Waals surface area contributed by atoms with Crippen LogP contribution in [-0.4, -0.2) is 39.1 Å². The summed E-state index contributed by atoms with van der Waals surface area (Å²) < 4.78 is 23.8. The molecule has 0 unspecified atom stereocenters. The van der Waals surface area contributed by atoms with Crippen LogP contribution in [0.25, 0.3) is 21.5 Å². The number of aliphatic imine (C=N–C) groups is 2. The second-order valence-electron chi connectivity index (χ2n) is 9.25. The van der Waals surface area contributed by atoms with Crippen molar-refractivity contribution in [3.05, 3.63) is 94.9 Å². The molecular formula is C26H16BCl2N6O2P. The molecule has 5 heterocycles. The third-order valence-corrected chi connectivity index (χ3v) is 10.6. The van der Waals surface area contributed by atoms with Gasteiger partial charge in [-0.2, -0.15) is 0 Å². The monoisotopic (exact) mass is 556 g/mol. The number of hydrogen-bond acceptors (Lipinski definition) is 6. The van der Waals surface area contributed by atoms with Gasteiger partial charge in [-0.3, -0.25) is 4.57 Å². The first-order chi connectivity index (χ1) is 18.6. The predicted molar refractivity (Wildman–Crippen MR) is 152 cm³/mol. The van der Waals surface area contributed by atoms with Crippen molar-refractivity contribution in [3.8, 4) is 0 Å². The smallest absolute Gasteiger partial charge is 0.344 e. The first-order valence-corrected chi connectivity index (χ1v) is 15.0. The van der Waals surface area contributed by atoms with Crippen LogP contribution in [0.1, 0.15) is 11.1 Å². The normalized spacial score (nSPS) is 17.4. The SMILES string of the molecule is O=P(CCl)(CCl)OB1n2c3c4ccccc4c2/N=C2N=C(/N=c4/c5ccccc5c(n41)=N3)c1ccccc1\2. The van der Waals surface area contributed by atoms with Gasteiger partial charge in [-0.1, -0.05) is 72.8 Å². The van der Waals surface area contributed by atoms with E-state index in [4.69, 9.17) is 47.6 Å². The summed E-state index contributed by atoms with van der Waals surface area (Å²) in [6, 6.07) is 23.7. The van der Waals surface area contributed by atoms with Crippen molar-refractivity contribution >= 4 is 82.6 Å². The molecule has 0 saturated carbocycles. The zero-order valence-electron chi connectivity index (χ0n) is 19.6. The zero-order chi connectivity index (χ0) is 25.6. The molecule has 0 atom stereocenters. The number of nitrogens with zero attached hydrogens (tertiary/aromatic N) is 6. The minimum atomic E-state index is -3.44. The van der Waals surface area contributed by atoms with Gasteiger partial charge in [0.1, 0.15) is 22.6 Å². The van der Waals surface area contributed by atoms with E-state index in [1.54, 1.807) is 0 Å². The Hall–Kier alpha value is -3.49. The summed E-state index contributed by atoms with van der Waals surface area (Å²) in [5, 5.41) is 3.51. The Morgan fingerprint density at radius 2 is 1.16 bits per heavy atom. The maximum absolute atomic E-state index is 13.6. The molecule has 3 aromatic carbocycles. The fraction of sp³-hybridized carbons (Fsp3) is 0.0769. The lowest BCUT2D eigenvalue weighted by atomic mass is 10.00. The minimum absolute atomic E-state index is 0.231. The number of amidine groups is 2. The molecule has 5 aromatic rings. The van der Waals surface area contributed by atoms with E-state index in [1.165, 1.54) is 0 Å². The van der Waals surface area contributed by atoms with Crippen LogP contribution in [0.5, 0.6) is 0 Å². The van der Waals surface area contributed by atoms with Crippen LogP contribution in [0, 0.1) is 0 Å². The Labute approximate surface area is 226 Å². The summed E-state index contributed by atoms with van der Waals surface area (Å²) in [7, 11) is -4.39. The number of hydrogen-bond donors (Lipinski definition) is 0. The molecule has 0 amide bonds. The fourth-order valence-corrected chi connectivity index (χ4v) is 7.19. The highest BCUT2D eigenvalue weighted by Crippen LogP contribution is 2.51. The molecule has 8 nitrogen and oxygen atoms in total. The Morgan fingerprint density at radius 3 is 1.76 bits per heavy atom. The van der Waals surface area contributed by atoms with E-state index >= 15 is 0 Å². The highest BCUT2D eigenvalue weighted by molar-refractivity contribution is 7.63. The van der Waals surface area contributed by atoms with Gasteiger partial charge in [-0.25, -0.2) is 20.0 Å². The van der Waals surface area contributed by atoms with Gasteiger partial charge in [0.2, 0.25) is 7.37 Å². The maximum Gasteiger partial charge on any atom is 0.568 e. The van der Waals surface area contributed by atoms with Crippen molar-refractivity contribution < 1.29 is 9.01 Å². The molecule has 2 aromatic heterocycles. The van der Waals surface area contributed by atoms with Crippen molar-refractivity contribution in [3.63, 3.8) is 0 Å². The van der Waals surface area contributed by atoms with E-state index in [-0.39, 0.29) is 11.2 Å². The molecule has 38 heavy (non-hydrogen) atoms. The standard InChI is InChI=1S/C26H16BCl2N6O2P/c28-13-38(36,14-29)37-27-34-23-17-9-3-5-11-19(17)25(34)33-26-20-12-6-4-10-18(20)24(35(26)27)32-22-16-8-2-1-7-15(16)21(30-22)31-23/h1-12H,13-14H2/b31-21-,31-23?,32-22?,32-24-. The molecule has 0 saturated heterocycles. The van der Waals surface area contributed by atoms with E-state index in [2.05, 4.69) is 0 Å². The Morgan fingerprint density at radius 1 is 0.658 bits per heavy atom. The summed E-state index contributed by atoms with van der Waals surface area (Å²) in [5.74, 6) is 2.30. The average Bonchev–Trinajstić information content (AvgIpc) is 3.58. The van der Waals surface area contributed by atoms with Crippen molar-refractivity contribution in [1.82, 2.24) is 8.96 Å². The highest BCUT2D eigenvalue weighted by atomic mass is 35.5.